The van der Waals surface area contributed by atoms with Gasteiger partial charge in [-0.1, -0.05) is 42.5 Å². The highest BCUT2D eigenvalue weighted by atomic mass is 14.9. The molecule has 0 aliphatic heterocycles. The molecule has 0 saturated carbocycles. The molecule has 0 fully saturated rings. The maximum atomic E-state index is 3.52. The van der Waals surface area contributed by atoms with Crippen LogP contribution >= 0.6 is 0 Å². The Hall–Kier alpha value is -2.74. The van der Waals surface area contributed by atoms with Gasteiger partial charge in [-0.15, -0.1) is 0 Å². The van der Waals surface area contributed by atoms with Crippen molar-refractivity contribution in [3.63, 3.8) is 0 Å². The molecule has 0 unspecified atom stereocenters. The van der Waals surface area contributed by atoms with Gasteiger partial charge in [-0.2, -0.15) is 0 Å². The molecular weight excluding hydrogens is 256 g/mol. The molecule has 4 rings (SSSR count). The molecule has 0 radical (unpaired) electrons. The zero-order valence-corrected chi connectivity index (χ0v) is 11.6. The number of aromatic nitrogens is 1. The van der Waals surface area contributed by atoms with Crippen molar-refractivity contribution in [2.75, 3.05) is 5.32 Å². The van der Waals surface area contributed by atoms with Crippen molar-refractivity contribution in [1.29, 1.82) is 0 Å². The summed E-state index contributed by atoms with van der Waals surface area (Å²) in [5.74, 6) is 0. The van der Waals surface area contributed by atoms with Crippen LogP contribution in [-0.4, -0.2) is 4.98 Å². The number of anilines is 1. The van der Waals surface area contributed by atoms with Crippen LogP contribution in [0.5, 0.6) is 0 Å². The molecule has 1 heterocycles. The minimum Gasteiger partial charge on any atom is -0.381 e. The van der Waals surface area contributed by atoms with Crippen molar-refractivity contribution in [3.05, 3.63) is 78.5 Å². The number of H-pyrrole nitrogens is 1. The minimum absolute atomic E-state index is 0.827. The number of benzene rings is 3. The van der Waals surface area contributed by atoms with E-state index < -0.39 is 0 Å². The second-order valence-corrected chi connectivity index (χ2v) is 5.27. The normalized spacial score (nSPS) is 11.0. The van der Waals surface area contributed by atoms with Crippen LogP contribution in [0.1, 0.15) is 5.56 Å². The molecule has 102 valence electrons. The van der Waals surface area contributed by atoms with Crippen LogP contribution in [0, 0.1) is 0 Å². The van der Waals surface area contributed by atoms with E-state index in [1.807, 2.05) is 6.20 Å². The zero-order valence-electron chi connectivity index (χ0n) is 11.6. The molecule has 0 aliphatic rings. The van der Waals surface area contributed by atoms with Crippen LogP contribution in [0.4, 0.5) is 5.69 Å². The average molecular weight is 272 g/mol. The lowest BCUT2D eigenvalue weighted by molar-refractivity contribution is 1.17. The Balaban J connectivity index is 1.61. The van der Waals surface area contributed by atoms with E-state index in [4.69, 9.17) is 0 Å². The molecule has 21 heavy (non-hydrogen) atoms. The average Bonchev–Trinajstić information content (AvgIpc) is 3.02. The van der Waals surface area contributed by atoms with Gasteiger partial charge in [0.1, 0.15) is 0 Å². The Morgan fingerprint density at radius 3 is 2.67 bits per heavy atom. The van der Waals surface area contributed by atoms with E-state index in [1.165, 1.54) is 27.2 Å². The van der Waals surface area contributed by atoms with Crippen LogP contribution in [0.15, 0.2) is 72.9 Å². The van der Waals surface area contributed by atoms with Gasteiger partial charge >= 0.3 is 0 Å². The van der Waals surface area contributed by atoms with E-state index in [9.17, 15) is 0 Å². The third-order valence-electron chi connectivity index (χ3n) is 3.92. The van der Waals surface area contributed by atoms with Gasteiger partial charge in [0.15, 0.2) is 0 Å². The molecule has 2 nitrogen and oxygen atoms in total. The molecule has 0 atom stereocenters. The monoisotopic (exact) mass is 272 g/mol. The summed E-state index contributed by atoms with van der Waals surface area (Å²) in [5.41, 5.74) is 3.65. The van der Waals surface area contributed by atoms with E-state index in [1.54, 1.807) is 0 Å². The van der Waals surface area contributed by atoms with Gasteiger partial charge in [-0.3, -0.25) is 0 Å². The molecule has 2 N–H and O–H groups in total. The van der Waals surface area contributed by atoms with E-state index in [0.29, 0.717) is 0 Å². The fourth-order valence-corrected chi connectivity index (χ4v) is 2.80. The van der Waals surface area contributed by atoms with Gasteiger partial charge in [-0.05, 0) is 40.6 Å². The molecule has 1 aromatic heterocycles. The van der Waals surface area contributed by atoms with E-state index in [2.05, 4.69) is 77.0 Å². The second-order valence-electron chi connectivity index (χ2n) is 5.27. The highest BCUT2D eigenvalue weighted by Gasteiger charge is 2.02. The summed E-state index contributed by atoms with van der Waals surface area (Å²) >= 11 is 0. The predicted molar refractivity (Wildman–Crippen MR) is 89.6 cm³/mol. The van der Waals surface area contributed by atoms with Crippen LogP contribution < -0.4 is 5.32 Å². The van der Waals surface area contributed by atoms with Crippen LogP contribution in [0.2, 0.25) is 0 Å². The first-order valence-electron chi connectivity index (χ1n) is 7.18. The summed E-state index contributed by atoms with van der Waals surface area (Å²) in [7, 11) is 0. The standard InChI is InChI=1S/C19H16N2/c1-2-5-15-12-17(9-8-14(15)4-1)21-13-16-6-3-7-19-18(16)10-11-20-19/h1-12,20-21H,13H2. The second kappa shape index (κ2) is 4.98. The lowest BCUT2D eigenvalue weighted by Gasteiger charge is -2.09. The number of fused-ring (bicyclic) bond motifs is 2. The SMILES string of the molecule is c1ccc2cc(NCc3cccc4[nH]ccc34)ccc2c1. The van der Waals surface area contributed by atoms with Crippen molar-refractivity contribution < 1.29 is 0 Å². The Labute approximate surface area is 123 Å². The molecule has 0 bridgehead atoms. The number of hydrogen-bond donors (Lipinski definition) is 2. The first kappa shape index (κ1) is 12.0. The van der Waals surface area contributed by atoms with E-state index in [0.717, 1.165) is 12.2 Å². The van der Waals surface area contributed by atoms with E-state index in [-0.39, 0.29) is 0 Å². The molecule has 4 aromatic rings. The maximum absolute atomic E-state index is 3.52. The molecule has 2 heteroatoms. The number of rotatable bonds is 3. The summed E-state index contributed by atoms with van der Waals surface area (Å²) in [6, 6.07) is 23.4. The van der Waals surface area contributed by atoms with Crippen LogP contribution in [-0.2, 0) is 6.54 Å². The third-order valence-corrected chi connectivity index (χ3v) is 3.92. The van der Waals surface area contributed by atoms with Gasteiger partial charge in [0, 0.05) is 29.3 Å². The summed E-state index contributed by atoms with van der Waals surface area (Å²) in [5, 5.41) is 7.34. The van der Waals surface area contributed by atoms with Crippen LogP contribution in [0.25, 0.3) is 21.7 Å². The van der Waals surface area contributed by atoms with Crippen molar-refractivity contribution in [2.45, 2.75) is 6.54 Å². The van der Waals surface area contributed by atoms with Gasteiger partial charge in [0.2, 0.25) is 0 Å². The fraction of sp³-hybridized carbons (Fsp3) is 0.0526. The Bertz CT molecular complexity index is 905. The third kappa shape index (κ3) is 2.25. The molecule has 0 spiro atoms. The van der Waals surface area contributed by atoms with Crippen molar-refractivity contribution in [2.24, 2.45) is 0 Å². The molecule has 3 aromatic carbocycles. The molecular formula is C19H16N2. The molecule has 0 saturated heterocycles. The minimum atomic E-state index is 0.827. The predicted octanol–water partition coefficient (Wildman–Crippen LogP) is 4.93. The molecule has 0 aliphatic carbocycles. The summed E-state index contributed by atoms with van der Waals surface area (Å²) in [4.78, 5) is 3.25. The summed E-state index contributed by atoms with van der Waals surface area (Å²) in [6.07, 6.45) is 1.99. The maximum Gasteiger partial charge on any atom is 0.0457 e. The lowest BCUT2D eigenvalue weighted by Crippen LogP contribution is -1.99. The smallest absolute Gasteiger partial charge is 0.0457 e. The van der Waals surface area contributed by atoms with E-state index >= 15 is 0 Å². The number of hydrogen-bond acceptors (Lipinski definition) is 1. The van der Waals surface area contributed by atoms with Gasteiger partial charge in [0.05, 0.1) is 0 Å². The highest BCUT2D eigenvalue weighted by molar-refractivity contribution is 5.86. The first-order chi connectivity index (χ1) is 10.4. The highest BCUT2D eigenvalue weighted by Crippen LogP contribution is 2.21. The zero-order chi connectivity index (χ0) is 14.1. The quantitative estimate of drug-likeness (QED) is 0.543. The largest absolute Gasteiger partial charge is 0.381 e. The Morgan fingerprint density at radius 2 is 1.71 bits per heavy atom. The number of aromatic amines is 1. The topological polar surface area (TPSA) is 27.8 Å². The van der Waals surface area contributed by atoms with Crippen LogP contribution in [0.3, 0.4) is 0 Å². The molecule has 0 amide bonds. The van der Waals surface area contributed by atoms with Crippen molar-refractivity contribution in [1.82, 2.24) is 4.98 Å². The Kier molecular flexibility index (Phi) is 2.86. The number of nitrogens with one attached hydrogen (secondary N) is 2. The van der Waals surface area contributed by atoms with Gasteiger partial charge in [0.25, 0.3) is 0 Å². The lowest BCUT2D eigenvalue weighted by atomic mass is 10.1. The van der Waals surface area contributed by atoms with Crippen molar-refractivity contribution in [3.8, 4) is 0 Å². The Morgan fingerprint density at radius 1 is 0.810 bits per heavy atom. The summed E-state index contributed by atoms with van der Waals surface area (Å²) < 4.78 is 0. The van der Waals surface area contributed by atoms with Gasteiger partial charge < -0.3 is 10.3 Å². The fourth-order valence-electron chi connectivity index (χ4n) is 2.80. The first-order valence-corrected chi connectivity index (χ1v) is 7.18. The van der Waals surface area contributed by atoms with Gasteiger partial charge in [-0.25, -0.2) is 0 Å². The summed E-state index contributed by atoms with van der Waals surface area (Å²) in [6.45, 7) is 0.827. The van der Waals surface area contributed by atoms with Crippen molar-refractivity contribution >= 4 is 27.4 Å².